The van der Waals surface area contributed by atoms with Crippen molar-refractivity contribution in [3.05, 3.63) is 0 Å². The third-order valence-corrected chi connectivity index (χ3v) is 3.44. The fourth-order valence-electron chi connectivity index (χ4n) is 2.09. The summed E-state index contributed by atoms with van der Waals surface area (Å²) >= 11 is 0. The lowest BCUT2D eigenvalue weighted by molar-refractivity contribution is -0.144. The van der Waals surface area contributed by atoms with E-state index in [1.807, 2.05) is 0 Å². The number of ether oxygens (including phenoxy) is 1. The number of nitrogens with zero attached hydrogens (tertiary/aromatic N) is 1. The third-order valence-electron chi connectivity index (χ3n) is 3.44. The first-order valence-electron chi connectivity index (χ1n) is 7.90. The van der Waals surface area contributed by atoms with Gasteiger partial charge in [0, 0.05) is 25.6 Å². The van der Waals surface area contributed by atoms with Crippen LogP contribution in [0.15, 0.2) is 0 Å². The smallest absolute Gasteiger partial charge is 0.305 e. The third kappa shape index (κ3) is 9.94. The highest BCUT2D eigenvalue weighted by Gasteiger charge is 2.14. The molecule has 0 saturated carbocycles. The number of hydrogen-bond acceptors (Lipinski definition) is 3. The van der Waals surface area contributed by atoms with E-state index in [9.17, 15) is 4.79 Å². The van der Waals surface area contributed by atoms with Gasteiger partial charge in [-0.25, -0.2) is 0 Å². The lowest BCUT2D eigenvalue weighted by Gasteiger charge is -2.29. The van der Waals surface area contributed by atoms with Crippen LogP contribution in [-0.4, -0.2) is 36.6 Å². The molecule has 0 rings (SSSR count). The van der Waals surface area contributed by atoms with Crippen LogP contribution in [0.4, 0.5) is 0 Å². The molecule has 1 atom stereocenters. The monoisotopic (exact) mass is 271 g/mol. The highest BCUT2D eigenvalue weighted by Crippen LogP contribution is 2.07. The summed E-state index contributed by atoms with van der Waals surface area (Å²) in [5.74, 6) is 0.608. The Bertz CT molecular complexity index is 229. The molecule has 0 aliphatic carbocycles. The van der Waals surface area contributed by atoms with Crippen LogP contribution in [0.2, 0.25) is 0 Å². The molecule has 0 N–H and O–H groups in total. The number of carbonyl (C=O) groups excluding carboxylic acids is 1. The van der Waals surface area contributed by atoms with E-state index in [0.717, 1.165) is 38.8 Å². The maximum atomic E-state index is 11.5. The van der Waals surface area contributed by atoms with Crippen molar-refractivity contribution in [2.45, 2.75) is 72.8 Å². The van der Waals surface area contributed by atoms with E-state index < -0.39 is 0 Å². The molecule has 1 unspecified atom stereocenters. The molecule has 0 spiro atoms. The fraction of sp³-hybridized carbons (Fsp3) is 0.938. The van der Waals surface area contributed by atoms with E-state index in [1.54, 1.807) is 0 Å². The molecule has 0 aromatic heterocycles. The Hall–Kier alpha value is -0.570. The Morgan fingerprint density at radius 1 is 1.16 bits per heavy atom. The van der Waals surface area contributed by atoms with Gasteiger partial charge in [-0.15, -0.1) is 0 Å². The van der Waals surface area contributed by atoms with Gasteiger partial charge in [0.05, 0.1) is 0 Å². The van der Waals surface area contributed by atoms with Gasteiger partial charge in [0.1, 0.15) is 6.61 Å². The van der Waals surface area contributed by atoms with E-state index in [0.29, 0.717) is 25.0 Å². The number of carbonyl (C=O) groups is 1. The Morgan fingerprint density at radius 2 is 1.84 bits per heavy atom. The predicted octanol–water partition coefficient (Wildman–Crippen LogP) is 3.87. The van der Waals surface area contributed by atoms with Gasteiger partial charge in [0.15, 0.2) is 0 Å². The van der Waals surface area contributed by atoms with E-state index in [-0.39, 0.29) is 5.97 Å². The summed E-state index contributed by atoms with van der Waals surface area (Å²) in [4.78, 5) is 13.9. The molecule has 0 aliphatic rings. The van der Waals surface area contributed by atoms with Gasteiger partial charge < -0.3 is 4.74 Å². The average Bonchev–Trinajstić information content (AvgIpc) is 2.36. The SMILES string of the molecule is CCCCCC(=O)OCCN(CC(C)C)C(C)CC. The molecule has 19 heavy (non-hydrogen) atoms. The summed E-state index contributed by atoms with van der Waals surface area (Å²) in [5.41, 5.74) is 0. The highest BCUT2D eigenvalue weighted by atomic mass is 16.5. The minimum absolute atomic E-state index is 0.0397. The molecule has 0 fully saturated rings. The van der Waals surface area contributed by atoms with Gasteiger partial charge in [-0.05, 0) is 25.7 Å². The molecule has 0 bridgehead atoms. The Kier molecular flexibility index (Phi) is 10.9. The molecular formula is C16H33NO2. The minimum atomic E-state index is -0.0397. The number of unbranched alkanes of at least 4 members (excludes halogenated alkanes) is 2. The van der Waals surface area contributed by atoms with Crippen LogP contribution in [0, 0.1) is 5.92 Å². The van der Waals surface area contributed by atoms with Gasteiger partial charge in [-0.2, -0.15) is 0 Å². The summed E-state index contributed by atoms with van der Waals surface area (Å²) in [6, 6.07) is 0.557. The maximum absolute atomic E-state index is 11.5. The average molecular weight is 271 g/mol. The summed E-state index contributed by atoms with van der Waals surface area (Å²) in [7, 11) is 0. The van der Waals surface area contributed by atoms with E-state index in [1.165, 1.54) is 0 Å². The summed E-state index contributed by atoms with van der Waals surface area (Å²) in [6.45, 7) is 13.5. The first-order valence-corrected chi connectivity index (χ1v) is 7.90. The Labute approximate surface area is 119 Å². The maximum Gasteiger partial charge on any atom is 0.305 e. The van der Waals surface area contributed by atoms with Crippen molar-refractivity contribution in [1.29, 1.82) is 0 Å². The number of rotatable bonds is 11. The van der Waals surface area contributed by atoms with Gasteiger partial charge in [0.25, 0.3) is 0 Å². The van der Waals surface area contributed by atoms with Crippen molar-refractivity contribution >= 4 is 5.97 Å². The van der Waals surface area contributed by atoms with Crippen LogP contribution < -0.4 is 0 Å². The standard InChI is InChI=1S/C16H33NO2/c1-6-8-9-10-16(18)19-12-11-17(13-14(3)4)15(5)7-2/h14-15H,6-13H2,1-5H3. The molecule has 0 amide bonds. The zero-order valence-corrected chi connectivity index (χ0v) is 13.6. The normalized spacial score (nSPS) is 13.0. The Balaban J connectivity index is 3.88. The predicted molar refractivity (Wildman–Crippen MR) is 81.3 cm³/mol. The van der Waals surface area contributed by atoms with Crippen molar-refractivity contribution in [2.24, 2.45) is 5.92 Å². The second kappa shape index (κ2) is 11.3. The lowest BCUT2D eigenvalue weighted by Crippen LogP contribution is -2.38. The van der Waals surface area contributed by atoms with Crippen LogP contribution in [-0.2, 0) is 9.53 Å². The molecule has 0 aromatic carbocycles. The quantitative estimate of drug-likeness (QED) is 0.422. The van der Waals surface area contributed by atoms with Crippen molar-refractivity contribution in [3.8, 4) is 0 Å². The molecule has 0 aliphatic heterocycles. The van der Waals surface area contributed by atoms with Crippen molar-refractivity contribution in [2.75, 3.05) is 19.7 Å². The van der Waals surface area contributed by atoms with Crippen LogP contribution in [0.25, 0.3) is 0 Å². The van der Waals surface area contributed by atoms with Crippen LogP contribution in [0.5, 0.6) is 0 Å². The Morgan fingerprint density at radius 3 is 2.37 bits per heavy atom. The van der Waals surface area contributed by atoms with E-state index >= 15 is 0 Å². The van der Waals surface area contributed by atoms with Gasteiger partial charge in [0.2, 0.25) is 0 Å². The summed E-state index contributed by atoms with van der Waals surface area (Å²) in [5, 5.41) is 0. The molecule has 3 nitrogen and oxygen atoms in total. The highest BCUT2D eigenvalue weighted by molar-refractivity contribution is 5.69. The molecule has 114 valence electrons. The molecule has 0 heterocycles. The van der Waals surface area contributed by atoms with Gasteiger partial charge >= 0.3 is 5.97 Å². The molecule has 0 radical (unpaired) electrons. The van der Waals surface area contributed by atoms with E-state index in [4.69, 9.17) is 4.74 Å². The van der Waals surface area contributed by atoms with Gasteiger partial charge in [-0.3, -0.25) is 9.69 Å². The van der Waals surface area contributed by atoms with Crippen LogP contribution >= 0.6 is 0 Å². The summed E-state index contributed by atoms with van der Waals surface area (Å²) < 4.78 is 5.31. The lowest BCUT2D eigenvalue weighted by atomic mass is 10.1. The van der Waals surface area contributed by atoms with Crippen LogP contribution in [0.3, 0.4) is 0 Å². The molecule has 0 aromatic rings. The largest absolute Gasteiger partial charge is 0.464 e. The minimum Gasteiger partial charge on any atom is -0.464 e. The second-order valence-electron chi connectivity index (χ2n) is 5.82. The van der Waals surface area contributed by atoms with Gasteiger partial charge in [-0.1, -0.05) is 40.5 Å². The topological polar surface area (TPSA) is 29.5 Å². The number of esters is 1. The first-order chi connectivity index (χ1) is 9.01. The zero-order chi connectivity index (χ0) is 14.7. The van der Waals surface area contributed by atoms with Crippen molar-refractivity contribution in [3.63, 3.8) is 0 Å². The number of hydrogen-bond donors (Lipinski definition) is 0. The molecular weight excluding hydrogens is 238 g/mol. The van der Waals surface area contributed by atoms with Crippen molar-refractivity contribution < 1.29 is 9.53 Å². The second-order valence-corrected chi connectivity index (χ2v) is 5.82. The van der Waals surface area contributed by atoms with Crippen LogP contribution in [0.1, 0.15) is 66.7 Å². The molecule has 3 heteroatoms. The first kappa shape index (κ1) is 18.4. The summed E-state index contributed by atoms with van der Waals surface area (Å²) in [6.07, 6.45) is 4.92. The molecule has 0 saturated heterocycles. The van der Waals surface area contributed by atoms with Crippen molar-refractivity contribution in [1.82, 2.24) is 4.90 Å². The van der Waals surface area contributed by atoms with E-state index in [2.05, 4.69) is 39.5 Å². The zero-order valence-electron chi connectivity index (χ0n) is 13.6. The fourth-order valence-corrected chi connectivity index (χ4v) is 2.09.